The SMILES string of the molecule is CS(=O)(=O)OC1CS(=O)(=O)CC1OS(=O)(=O)C(F)(F)F. The van der Waals surface area contributed by atoms with Crippen LogP contribution < -0.4 is 0 Å². The zero-order valence-electron chi connectivity index (χ0n) is 9.69. The molecule has 120 valence electrons. The fourth-order valence-corrected chi connectivity index (χ4v) is 4.55. The average Bonchev–Trinajstić information content (AvgIpc) is 2.34. The fourth-order valence-electron chi connectivity index (χ4n) is 1.40. The van der Waals surface area contributed by atoms with Crippen molar-refractivity contribution in [3.63, 3.8) is 0 Å². The molecule has 1 fully saturated rings. The number of hydrogen-bond acceptors (Lipinski definition) is 8. The van der Waals surface area contributed by atoms with Crippen LogP contribution in [0.2, 0.25) is 0 Å². The lowest BCUT2D eigenvalue weighted by Gasteiger charge is -2.18. The number of alkyl halides is 3. The molecule has 0 aliphatic carbocycles. The van der Waals surface area contributed by atoms with Gasteiger partial charge >= 0.3 is 15.6 Å². The van der Waals surface area contributed by atoms with Crippen molar-refractivity contribution < 1.29 is 46.8 Å². The summed E-state index contributed by atoms with van der Waals surface area (Å²) in [6.45, 7) is 0. The molecule has 1 rings (SSSR count). The van der Waals surface area contributed by atoms with Gasteiger partial charge in [0.05, 0.1) is 17.8 Å². The predicted octanol–water partition coefficient (Wildman–Crippen LogP) is -1.01. The molecule has 0 amide bonds. The first kappa shape index (κ1) is 17.6. The summed E-state index contributed by atoms with van der Waals surface area (Å²) < 4.78 is 110. The highest BCUT2D eigenvalue weighted by Gasteiger charge is 2.52. The molecule has 1 aliphatic rings. The summed E-state index contributed by atoms with van der Waals surface area (Å²) in [6.07, 6.45) is -3.40. The van der Waals surface area contributed by atoms with Crippen molar-refractivity contribution >= 4 is 30.1 Å². The van der Waals surface area contributed by atoms with E-state index in [0.29, 0.717) is 6.26 Å². The second-order valence-corrected chi connectivity index (χ2v) is 9.27. The van der Waals surface area contributed by atoms with Gasteiger partial charge in [0.1, 0.15) is 12.2 Å². The van der Waals surface area contributed by atoms with Crippen molar-refractivity contribution in [3.8, 4) is 0 Å². The van der Waals surface area contributed by atoms with Crippen LogP contribution in [0.1, 0.15) is 0 Å². The van der Waals surface area contributed by atoms with E-state index in [2.05, 4.69) is 8.37 Å². The van der Waals surface area contributed by atoms with Crippen molar-refractivity contribution in [3.05, 3.63) is 0 Å². The highest BCUT2D eigenvalue weighted by Crippen LogP contribution is 2.29. The molecule has 2 atom stereocenters. The van der Waals surface area contributed by atoms with E-state index in [4.69, 9.17) is 0 Å². The van der Waals surface area contributed by atoms with Gasteiger partial charge in [0, 0.05) is 0 Å². The van der Waals surface area contributed by atoms with Crippen LogP contribution in [0.4, 0.5) is 13.2 Å². The van der Waals surface area contributed by atoms with Gasteiger partial charge in [0.25, 0.3) is 10.1 Å². The first-order valence-corrected chi connectivity index (χ1v) is 9.76. The zero-order valence-corrected chi connectivity index (χ0v) is 12.1. The molecule has 1 saturated heterocycles. The minimum absolute atomic E-state index is 0.535. The third kappa shape index (κ3) is 4.54. The Morgan fingerprint density at radius 2 is 1.40 bits per heavy atom. The van der Waals surface area contributed by atoms with Gasteiger partial charge < -0.3 is 0 Å². The van der Waals surface area contributed by atoms with Gasteiger partial charge in [-0.15, -0.1) is 0 Å². The topological polar surface area (TPSA) is 121 Å². The number of halogens is 3. The summed E-state index contributed by atoms with van der Waals surface area (Å²) in [7, 11) is -14.2. The lowest BCUT2D eigenvalue weighted by Crippen LogP contribution is -2.37. The minimum atomic E-state index is -6.06. The van der Waals surface area contributed by atoms with Gasteiger partial charge in [-0.05, 0) is 0 Å². The first-order valence-electron chi connectivity index (χ1n) is 4.71. The minimum Gasteiger partial charge on any atom is -0.263 e. The summed E-state index contributed by atoms with van der Waals surface area (Å²) >= 11 is 0. The molecule has 0 aromatic carbocycles. The summed E-state index contributed by atoms with van der Waals surface area (Å²) in [4.78, 5) is 0. The van der Waals surface area contributed by atoms with E-state index < -0.39 is 59.3 Å². The van der Waals surface area contributed by atoms with Gasteiger partial charge in [0.2, 0.25) is 0 Å². The molecule has 0 N–H and O–H groups in total. The van der Waals surface area contributed by atoms with Crippen LogP contribution in [0.5, 0.6) is 0 Å². The largest absolute Gasteiger partial charge is 0.523 e. The Morgan fingerprint density at radius 3 is 1.75 bits per heavy atom. The van der Waals surface area contributed by atoms with Crippen LogP contribution >= 0.6 is 0 Å². The van der Waals surface area contributed by atoms with Crippen LogP contribution in [0.25, 0.3) is 0 Å². The molecule has 8 nitrogen and oxygen atoms in total. The number of sulfone groups is 1. The van der Waals surface area contributed by atoms with Gasteiger partial charge in [-0.1, -0.05) is 0 Å². The Hall–Kier alpha value is -0.440. The van der Waals surface area contributed by atoms with E-state index in [0.717, 1.165) is 0 Å². The normalized spacial score (nSPS) is 27.6. The maximum atomic E-state index is 12.1. The van der Waals surface area contributed by atoms with E-state index in [-0.39, 0.29) is 0 Å². The Balaban J connectivity index is 3.03. The van der Waals surface area contributed by atoms with E-state index >= 15 is 0 Å². The zero-order chi connectivity index (χ0) is 16.0. The van der Waals surface area contributed by atoms with E-state index in [9.17, 15) is 38.4 Å². The van der Waals surface area contributed by atoms with Crippen LogP contribution in [0.3, 0.4) is 0 Å². The molecule has 0 bridgehead atoms. The summed E-state index contributed by atoms with van der Waals surface area (Å²) in [5.41, 5.74) is -5.75. The van der Waals surface area contributed by atoms with Crippen molar-refractivity contribution in [2.45, 2.75) is 17.7 Å². The molecular weight excluding hydrogens is 353 g/mol. The van der Waals surface area contributed by atoms with Crippen molar-refractivity contribution in [2.75, 3.05) is 17.8 Å². The first-order chi connectivity index (χ1) is 8.63. The number of rotatable bonds is 4. The summed E-state index contributed by atoms with van der Waals surface area (Å²) in [5, 5.41) is 0. The molecule has 1 heterocycles. The summed E-state index contributed by atoms with van der Waals surface area (Å²) in [5.74, 6) is -2.05. The predicted molar refractivity (Wildman–Crippen MR) is 58.2 cm³/mol. The smallest absolute Gasteiger partial charge is 0.263 e. The molecule has 0 radical (unpaired) electrons. The van der Waals surface area contributed by atoms with E-state index in [1.165, 1.54) is 0 Å². The third-order valence-electron chi connectivity index (χ3n) is 2.08. The molecule has 1 aliphatic heterocycles. The maximum absolute atomic E-state index is 12.1. The van der Waals surface area contributed by atoms with Gasteiger partial charge in [-0.2, -0.15) is 30.0 Å². The van der Waals surface area contributed by atoms with Gasteiger partial charge in [-0.25, -0.2) is 8.42 Å². The highest BCUT2D eigenvalue weighted by molar-refractivity contribution is 7.92. The van der Waals surface area contributed by atoms with Crippen LogP contribution in [0, 0.1) is 0 Å². The lowest BCUT2D eigenvalue weighted by molar-refractivity contribution is -0.0593. The van der Waals surface area contributed by atoms with Crippen molar-refractivity contribution in [1.29, 1.82) is 0 Å². The molecule has 0 aromatic rings. The molecule has 0 spiro atoms. The molecule has 0 aromatic heterocycles. The van der Waals surface area contributed by atoms with E-state index in [1.54, 1.807) is 0 Å². The third-order valence-corrected chi connectivity index (χ3v) is 5.42. The standard InChI is InChI=1S/C6H9F3O8S3/c1-18(10,11)16-4-2-19(12,13)3-5(4)17-20(14,15)6(7,8)9/h4-5H,2-3H2,1H3. The quantitative estimate of drug-likeness (QED) is 0.461. The second kappa shape index (κ2) is 5.08. The Bertz CT molecular complexity index is 673. The van der Waals surface area contributed by atoms with Gasteiger partial charge in [0.15, 0.2) is 9.84 Å². The second-order valence-electron chi connectivity index (χ2n) is 3.95. The molecule has 2 unspecified atom stereocenters. The monoisotopic (exact) mass is 362 g/mol. The molecule has 20 heavy (non-hydrogen) atoms. The fraction of sp³-hybridized carbons (Fsp3) is 1.00. The van der Waals surface area contributed by atoms with E-state index in [1.807, 2.05) is 0 Å². The van der Waals surface area contributed by atoms with Crippen molar-refractivity contribution in [2.24, 2.45) is 0 Å². The van der Waals surface area contributed by atoms with Crippen molar-refractivity contribution in [1.82, 2.24) is 0 Å². The average molecular weight is 362 g/mol. The maximum Gasteiger partial charge on any atom is 0.523 e. The molecule has 0 saturated carbocycles. The summed E-state index contributed by atoms with van der Waals surface area (Å²) in [6, 6.07) is 0. The van der Waals surface area contributed by atoms with Crippen LogP contribution in [-0.2, 0) is 38.4 Å². The Morgan fingerprint density at radius 1 is 1.00 bits per heavy atom. The molecule has 14 heteroatoms. The number of hydrogen-bond donors (Lipinski definition) is 0. The lowest BCUT2D eigenvalue weighted by atomic mass is 10.3. The van der Waals surface area contributed by atoms with Crippen LogP contribution in [0.15, 0.2) is 0 Å². The molecular formula is C6H9F3O8S3. The van der Waals surface area contributed by atoms with Crippen LogP contribution in [-0.4, -0.2) is 60.7 Å². The van der Waals surface area contributed by atoms with Gasteiger partial charge in [-0.3, -0.25) is 8.37 Å². The highest BCUT2D eigenvalue weighted by atomic mass is 32.2. The Kier molecular flexibility index (Phi) is 4.47. The Labute approximate surface area is 113 Å².